The normalized spacial score (nSPS) is 17.1. The number of hydrogen-bond acceptors (Lipinski definition) is 5. The molecule has 1 amide bonds. The maximum absolute atomic E-state index is 13.6. The van der Waals surface area contributed by atoms with Crippen LogP contribution in [0, 0.1) is 0 Å². The number of benzene rings is 2. The first-order valence-corrected chi connectivity index (χ1v) is 10.6. The molecule has 0 radical (unpaired) electrons. The number of carbonyl (C=O) groups is 1. The molecule has 0 unspecified atom stereocenters. The number of rotatable bonds is 2. The maximum atomic E-state index is 13.6. The third-order valence-corrected chi connectivity index (χ3v) is 6.66. The fraction of sp³-hybridized carbons (Fsp3) is 0.273. The fourth-order valence-electron chi connectivity index (χ4n) is 4.06. The number of nitrogens with zero attached hydrogens (tertiary/aromatic N) is 4. The summed E-state index contributed by atoms with van der Waals surface area (Å²) in [5, 5.41) is 6.43. The number of para-hydroxylation sites is 1. The second-order valence-corrected chi connectivity index (χ2v) is 8.42. The quantitative estimate of drug-likeness (QED) is 0.508. The van der Waals surface area contributed by atoms with Crippen molar-refractivity contribution in [2.24, 2.45) is 7.05 Å². The second-order valence-electron chi connectivity index (χ2n) is 7.35. The SMILES string of the molecule is Cn1nc(C(=O)N2CCCC[C@@H]2c2nc3ccccc3s2)c2ccccc2c1=O. The highest BCUT2D eigenvalue weighted by molar-refractivity contribution is 7.18. The minimum absolute atomic E-state index is 0.0635. The van der Waals surface area contributed by atoms with E-state index in [1.165, 1.54) is 4.68 Å². The third-order valence-electron chi connectivity index (χ3n) is 5.52. The van der Waals surface area contributed by atoms with Gasteiger partial charge in [0.05, 0.1) is 21.6 Å². The van der Waals surface area contributed by atoms with Gasteiger partial charge in [-0.05, 0) is 37.5 Å². The van der Waals surface area contributed by atoms with Gasteiger partial charge in [-0.3, -0.25) is 9.59 Å². The Hall–Kier alpha value is -3.06. The highest BCUT2D eigenvalue weighted by Crippen LogP contribution is 2.36. The molecule has 1 aliphatic rings. The van der Waals surface area contributed by atoms with Crippen molar-refractivity contribution in [3.63, 3.8) is 0 Å². The lowest BCUT2D eigenvalue weighted by Crippen LogP contribution is -2.40. The van der Waals surface area contributed by atoms with Gasteiger partial charge in [0.15, 0.2) is 5.69 Å². The lowest BCUT2D eigenvalue weighted by atomic mass is 10.0. The summed E-state index contributed by atoms with van der Waals surface area (Å²) in [6, 6.07) is 15.2. The zero-order valence-electron chi connectivity index (χ0n) is 16.0. The van der Waals surface area contributed by atoms with E-state index in [2.05, 4.69) is 11.2 Å². The second kappa shape index (κ2) is 7.08. The number of fused-ring (bicyclic) bond motifs is 2. The van der Waals surface area contributed by atoms with Gasteiger partial charge in [-0.15, -0.1) is 11.3 Å². The minimum atomic E-state index is -0.196. The molecule has 3 heterocycles. The van der Waals surface area contributed by atoms with Crippen LogP contribution in [-0.2, 0) is 7.05 Å². The Morgan fingerprint density at radius 2 is 1.83 bits per heavy atom. The van der Waals surface area contributed by atoms with Crippen LogP contribution in [0.15, 0.2) is 53.3 Å². The largest absolute Gasteiger partial charge is 0.328 e. The average Bonchev–Trinajstić information content (AvgIpc) is 3.20. The van der Waals surface area contributed by atoms with Gasteiger partial charge in [0.2, 0.25) is 0 Å². The highest BCUT2D eigenvalue weighted by Gasteiger charge is 2.32. The van der Waals surface area contributed by atoms with Crippen molar-refractivity contribution in [3.8, 4) is 0 Å². The molecule has 29 heavy (non-hydrogen) atoms. The Bertz CT molecular complexity index is 1260. The van der Waals surface area contributed by atoms with Crippen molar-refractivity contribution in [3.05, 3.63) is 69.6 Å². The number of amides is 1. The molecule has 1 fully saturated rings. The molecule has 0 spiro atoms. The first kappa shape index (κ1) is 18.0. The summed E-state index contributed by atoms with van der Waals surface area (Å²) >= 11 is 1.65. The number of aromatic nitrogens is 3. The van der Waals surface area contributed by atoms with Crippen LogP contribution in [0.1, 0.15) is 40.8 Å². The summed E-state index contributed by atoms with van der Waals surface area (Å²) in [7, 11) is 1.59. The van der Waals surface area contributed by atoms with E-state index in [9.17, 15) is 9.59 Å². The van der Waals surface area contributed by atoms with E-state index >= 15 is 0 Å². The van der Waals surface area contributed by atoms with E-state index in [0.717, 1.165) is 34.5 Å². The van der Waals surface area contributed by atoms with Gasteiger partial charge >= 0.3 is 0 Å². The topological polar surface area (TPSA) is 68.1 Å². The van der Waals surface area contributed by atoms with Crippen LogP contribution < -0.4 is 5.56 Å². The Labute approximate surface area is 171 Å². The molecule has 0 saturated carbocycles. The van der Waals surface area contributed by atoms with Crippen molar-refractivity contribution in [1.82, 2.24) is 19.7 Å². The molecule has 7 heteroatoms. The van der Waals surface area contributed by atoms with Crippen LogP contribution in [0.5, 0.6) is 0 Å². The summed E-state index contributed by atoms with van der Waals surface area (Å²) in [4.78, 5) is 32.7. The smallest absolute Gasteiger partial charge is 0.275 e. The third kappa shape index (κ3) is 3.02. The van der Waals surface area contributed by atoms with Crippen molar-refractivity contribution in [1.29, 1.82) is 0 Å². The van der Waals surface area contributed by atoms with Gasteiger partial charge in [0.25, 0.3) is 11.5 Å². The van der Waals surface area contributed by atoms with Crippen LogP contribution in [0.25, 0.3) is 21.0 Å². The number of thiazole rings is 1. The molecular weight excluding hydrogens is 384 g/mol. The zero-order valence-corrected chi connectivity index (χ0v) is 16.9. The molecule has 6 nitrogen and oxygen atoms in total. The van der Waals surface area contributed by atoms with Crippen LogP contribution in [0.4, 0.5) is 0 Å². The molecule has 146 valence electrons. The number of likely N-dealkylation sites (tertiary alicyclic amines) is 1. The molecule has 2 aromatic heterocycles. The van der Waals surface area contributed by atoms with Crippen molar-refractivity contribution >= 4 is 38.2 Å². The van der Waals surface area contributed by atoms with Crippen LogP contribution in [0.2, 0.25) is 0 Å². The van der Waals surface area contributed by atoms with E-state index < -0.39 is 0 Å². The van der Waals surface area contributed by atoms with Gasteiger partial charge < -0.3 is 4.90 Å². The van der Waals surface area contributed by atoms with Crippen molar-refractivity contribution in [2.45, 2.75) is 25.3 Å². The van der Waals surface area contributed by atoms with Crippen LogP contribution >= 0.6 is 11.3 Å². The predicted octanol–water partition coefficient (Wildman–Crippen LogP) is 3.91. The van der Waals surface area contributed by atoms with E-state index in [-0.39, 0.29) is 17.5 Å². The molecule has 1 saturated heterocycles. The van der Waals surface area contributed by atoms with Gasteiger partial charge in [-0.25, -0.2) is 9.67 Å². The Morgan fingerprint density at radius 1 is 1.07 bits per heavy atom. The van der Waals surface area contributed by atoms with E-state index in [0.29, 0.717) is 23.0 Å². The lowest BCUT2D eigenvalue weighted by molar-refractivity contribution is 0.0605. The molecule has 0 bridgehead atoms. The summed E-state index contributed by atoms with van der Waals surface area (Å²) in [5.74, 6) is -0.138. The summed E-state index contributed by atoms with van der Waals surface area (Å²) in [6.45, 7) is 0.665. The Morgan fingerprint density at radius 3 is 2.66 bits per heavy atom. The molecular formula is C22H20N4O2S. The number of carbonyl (C=O) groups excluding carboxylic acids is 1. The van der Waals surface area contributed by atoms with Crippen LogP contribution in [-0.4, -0.2) is 32.1 Å². The van der Waals surface area contributed by atoms with Gasteiger partial charge in [-0.2, -0.15) is 5.10 Å². The fourth-order valence-corrected chi connectivity index (χ4v) is 5.17. The molecule has 0 aliphatic carbocycles. The first-order valence-electron chi connectivity index (χ1n) is 9.76. The van der Waals surface area contributed by atoms with E-state index in [4.69, 9.17) is 4.98 Å². The van der Waals surface area contributed by atoms with E-state index in [1.807, 2.05) is 35.2 Å². The molecule has 1 atom stereocenters. The summed E-state index contributed by atoms with van der Waals surface area (Å²) in [6.07, 6.45) is 2.90. The highest BCUT2D eigenvalue weighted by atomic mass is 32.1. The lowest BCUT2D eigenvalue weighted by Gasteiger charge is -2.34. The minimum Gasteiger partial charge on any atom is -0.328 e. The molecule has 5 rings (SSSR count). The zero-order chi connectivity index (χ0) is 20.0. The average molecular weight is 404 g/mol. The number of aryl methyl sites for hydroxylation is 1. The van der Waals surface area contributed by atoms with Crippen molar-refractivity contribution < 1.29 is 4.79 Å². The molecule has 0 N–H and O–H groups in total. The number of hydrogen-bond donors (Lipinski definition) is 0. The van der Waals surface area contributed by atoms with Crippen molar-refractivity contribution in [2.75, 3.05) is 6.54 Å². The maximum Gasteiger partial charge on any atom is 0.275 e. The standard InChI is InChI=1S/C22H20N4O2S/c1-25-21(27)15-9-3-2-8-14(15)19(24-25)22(28)26-13-7-6-11-17(26)20-23-16-10-4-5-12-18(16)29-20/h2-5,8-10,12,17H,6-7,11,13H2,1H3/t17-/m1/s1. The Balaban J connectivity index is 1.60. The Kier molecular flexibility index (Phi) is 4.39. The summed E-state index contributed by atoms with van der Waals surface area (Å²) in [5.41, 5.74) is 1.10. The first-order chi connectivity index (χ1) is 14.1. The van der Waals surface area contributed by atoms with Gasteiger partial charge in [0.1, 0.15) is 5.01 Å². The summed E-state index contributed by atoms with van der Waals surface area (Å²) < 4.78 is 2.39. The molecule has 4 aromatic rings. The monoisotopic (exact) mass is 404 g/mol. The van der Waals surface area contributed by atoms with Gasteiger partial charge in [0, 0.05) is 19.0 Å². The van der Waals surface area contributed by atoms with E-state index in [1.54, 1.807) is 30.5 Å². The molecule has 2 aromatic carbocycles. The van der Waals surface area contributed by atoms with Crippen LogP contribution in [0.3, 0.4) is 0 Å². The molecule has 1 aliphatic heterocycles. The number of piperidine rings is 1. The van der Waals surface area contributed by atoms with Gasteiger partial charge in [-0.1, -0.05) is 30.3 Å². The predicted molar refractivity (Wildman–Crippen MR) is 114 cm³/mol.